The Balaban J connectivity index is 2.15. The molecule has 0 aliphatic rings. The average molecular weight is 249 g/mol. The fourth-order valence-corrected chi connectivity index (χ4v) is 1.72. The van der Waals surface area contributed by atoms with Gasteiger partial charge in [0.1, 0.15) is 6.04 Å². The van der Waals surface area contributed by atoms with Gasteiger partial charge in [-0.3, -0.25) is 9.59 Å². The minimum Gasteiger partial charge on any atom is -0.480 e. The maximum absolute atomic E-state index is 11.7. The number of ketones is 1. The van der Waals surface area contributed by atoms with Crippen molar-refractivity contribution in [1.29, 1.82) is 0 Å². The van der Waals surface area contributed by atoms with Gasteiger partial charge in [-0.25, -0.2) is 0 Å². The van der Waals surface area contributed by atoms with Crippen LogP contribution in [0.25, 0.3) is 0 Å². The quantitative estimate of drug-likeness (QED) is 0.547. The Bertz CT molecular complexity index is 389. The number of hydrogen-bond donors (Lipinski definition) is 2. The summed E-state index contributed by atoms with van der Waals surface area (Å²) in [4.78, 5) is 22.2. The maximum Gasteiger partial charge on any atom is 0.320 e. The predicted octanol–water partition coefficient (Wildman–Crippen LogP) is 2.23. The van der Waals surface area contributed by atoms with E-state index >= 15 is 0 Å². The lowest BCUT2D eigenvalue weighted by Crippen LogP contribution is -2.29. The van der Waals surface area contributed by atoms with Gasteiger partial charge in [-0.15, -0.1) is 0 Å². The van der Waals surface area contributed by atoms with Gasteiger partial charge in [0.05, 0.1) is 0 Å². The molecule has 1 atom stereocenters. The number of Topliss-reactive ketones (excluding diaryl/α,β-unsaturated/α-hetero) is 1. The Hall–Kier alpha value is -1.68. The Morgan fingerprint density at radius 3 is 2.39 bits per heavy atom. The Morgan fingerprint density at radius 2 is 1.78 bits per heavy atom. The van der Waals surface area contributed by atoms with Crippen LogP contribution in [-0.4, -0.2) is 22.9 Å². The molecule has 1 rings (SSSR count). The highest BCUT2D eigenvalue weighted by Crippen LogP contribution is 2.09. The molecule has 0 aliphatic carbocycles. The number of aliphatic carboxylic acids is 1. The summed E-state index contributed by atoms with van der Waals surface area (Å²) in [6, 6.07) is 8.41. The van der Waals surface area contributed by atoms with Gasteiger partial charge in [-0.1, -0.05) is 43.2 Å². The third-order valence-corrected chi connectivity index (χ3v) is 2.83. The number of nitrogens with two attached hydrogens (primary N) is 1. The molecule has 1 aromatic carbocycles. The van der Waals surface area contributed by atoms with E-state index in [2.05, 4.69) is 0 Å². The van der Waals surface area contributed by atoms with Crippen LogP contribution in [0.2, 0.25) is 0 Å². The van der Waals surface area contributed by atoms with Gasteiger partial charge < -0.3 is 10.8 Å². The van der Waals surface area contributed by atoms with E-state index in [1.165, 1.54) is 0 Å². The summed E-state index contributed by atoms with van der Waals surface area (Å²) in [5.41, 5.74) is 6.12. The number of carbonyl (C=O) groups is 2. The molecule has 0 aliphatic heterocycles. The zero-order chi connectivity index (χ0) is 13.4. The average Bonchev–Trinajstić information content (AvgIpc) is 2.38. The van der Waals surface area contributed by atoms with Crippen LogP contribution < -0.4 is 5.73 Å². The van der Waals surface area contributed by atoms with Crippen molar-refractivity contribution in [3.63, 3.8) is 0 Å². The van der Waals surface area contributed by atoms with Crippen molar-refractivity contribution in [3.05, 3.63) is 35.9 Å². The molecule has 1 aromatic rings. The zero-order valence-electron chi connectivity index (χ0n) is 10.3. The van der Waals surface area contributed by atoms with Crippen molar-refractivity contribution in [2.24, 2.45) is 5.73 Å². The molecule has 0 spiro atoms. The van der Waals surface area contributed by atoms with E-state index in [1.807, 2.05) is 30.3 Å². The van der Waals surface area contributed by atoms with Crippen LogP contribution >= 0.6 is 0 Å². The van der Waals surface area contributed by atoms with Crippen LogP contribution in [0.3, 0.4) is 0 Å². The second kappa shape index (κ2) is 7.61. The topological polar surface area (TPSA) is 80.4 Å². The molecule has 0 unspecified atom stereocenters. The van der Waals surface area contributed by atoms with E-state index < -0.39 is 12.0 Å². The van der Waals surface area contributed by atoms with Gasteiger partial charge in [0, 0.05) is 12.0 Å². The van der Waals surface area contributed by atoms with E-state index in [-0.39, 0.29) is 5.78 Å². The van der Waals surface area contributed by atoms with Crippen molar-refractivity contribution < 1.29 is 14.7 Å². The third-order valence-electron chi connectivity index (χ3n) is 2.83. The van der Waals surface area contributed by atoms with Crippen LogP contribution in [0, 0.1) is 0 Å². The first-order valence-corrected chi connectivity index (χ1v) is 6.18. The number of benzene rings is 1. The molecule has 0 heterocycles. The van der Waals surface area contributed by atoms with E-state index in [0.29, 0.717) is 12.8 Å². The molecular weight excluding hydrogens is 230 g/mol. The first-order valence-electron chi connectivity index (χ1n) is 6.18. The standard InChI is InChI=1S/C14H19NO3/c15-12(14(17)18)9-5-2-6-10-13(16)11-7-3-1-4-8-11/h1,3-4,7-8,12H,2,5-6,9-10,15H2,(H,17,18)/t12-/m0/s1. The van der Waals surface area contributed by atoms with Gasteiger partial charge in [0.25, 0.3) is 0 Å². The summed E-state index contributed by atoms with van der Waals surface area (Å²) >= 11 is 0. The molecule has 0 saturated carbocycles. The lowest BCUT2D eigenvalue weighted by molar-refractivity contribution is -0.138. The zero-order valence-corrected chi connectivity index (χ0v) is 10.3. The summed E-state index contributed by atoms with van der Waals surface area (Å²) in [5, 5.41) is 8.60. The van der Waals surface area contributed by atoms with Crippen molar-refractivity contribution in [3.8, 4) is 0 Å². The second-order valence-corrected chi connectivity index (χ2v) is 4.33. The molecule has 0 fully saturated rings. The van der Waals surface area contributed by atoms with Gasteiger partial charge in [0.2, 0.25) is 0 Å². The number of rotatable bonds is 8. The van der Waals surface area contributed by atoms with Gasteiger partial charge in [-0.2, -0.15) is 0 Å². The molecule has 98 valence electrons. The molecule has 0 bridgehead atoms. The number of carbonyl (C=O) groups excluding carboxylic acids is 1. The van der Waals surface area contributed by atoms with Crippen LogP contribution in [0.4, 0.5) is 0 Å². The lowest BCUT2D eigenvalue weighted by atomic mass is 10.0. The highest BCUT2D eigenvalue weighted by molar-refractivity contribution is 5.95. The first-order chi connectivity index (χ1) is 8.61. The summed E-state index contributed by atoms with van der Waals surface area (Å²) < 4.78 is 0. The molecule has 0 radical (unpaired) electrons. The number of hydrogen-bond acceptors (Lipinski definition) is 3. The van der Waals surface area contributed by atoms with E-state index in [1.54, 1.807) is 0 Å². The highest BCUT2D eigenvalue weighted by atomic mass is 16.4. The largest absolute Gasteiger partial charge is 0.480 e. The van der Waals surface area contributed by atoms with Crippen molar-refractivity contribution in [1.82, 2.24) is 0 Å². The van der Waals surface area contributed by atoms with Gasteiger partial charge in [0.15, 0.2) is 5.78 Å². The number of carboxylic acids is 1. The molecule has 0 saturated heterocycles. The summed E-state index contributed by atoms with van der Waals surface area (Å²) in [7, 11) is 0. The predicted molar refractivity (Wildman–Crippen MR) is 69.5 cm³/mol. The monoisotopic (exact) mass is 249 g/mol. The highest BCUT2D eigenvalue weighted by Gasteiger charge is 2.10. The Kier molecular flexibility index (Phi) is 6.08. The normalized spacial score (nSPS) is 12.1. The summed E-state index contributed by atoms with van der Waals surface area (Å²) in [6.45, 7) is 0. The fraction of sp³-hybridized carbons (Fsp3) is 0.429. The molecular formula is C14H19NO3. The third kappa shape index (κ3) is 5.10. The smallest absolute Gasteiger partial charge is 0.320 e. The van der Waals surface area contributed by atoms with Gasteiger partial charge in [-0.05, 0) is 12.8 Å². The van der Waals surface area contributed by atoms with Crippen LogP contribution in [0.15, 0.2) is 30.3 Å². The van der Waals surface area contributed by atoms with Crippen LogP contribution in [-0.2, 0) is 4.79 Å². The first kappa shape index (κ1) is 14.4. The van der Waals surface area contributed by atoms with Crippen LogP contribution in [0.5, 0.6) is 0 Å². The lowest BCUT2D eigenvalue weighted by Gasteiger charge is -2.05. The van der Waals surface area contributed by atoms with Crippen LogP contribution in [0.1, 0.15) is 42.5 Å². The Labute approximate surface area is 107 Å². The molecule has 4 heteroatoms. The number of carboxylic acid groups (broad SMARTS) is 1. The second-order valence-electron chi connectivity index (χ2n) is 4.33. The fourth-order valence-electron chi connectivity index (χ4n) is 1.72. The van der Waals surface area contributed by atoms with Gasteiger partial charge >= 0.3 is 5.97 Å². The van der Waals surface area contributed by atoms with Crippen molar-refractivity contribution >= 4 is 11.8 Å². The number of unbranched alkanes of at least 4 members (excludes halogenated alkanes) is 2. The summed E-state index contributed by atoms with van der Waals surface area (Å²) in [5.74, 6) is -0.825. The minimum atomic E-state index is -0.963. The molecule has 18 heavy (non-hydrogen) atoms. The van der Waals surface area contributed by atoms with E-state index in [0.717, 1.165) is 24.8 Å². The molecule has 4 nitrogen and oxygen atoms in total. The molecule has 3 N–H and O–H groups in total. The van der Waals surface area contributed by atoms with Crippen molar-refractivity contribution in [2.45, 2.75) is 38.1 Å². The van der Waals surface area contributed by atoms with E-state index in [4.69, 9.17) is 10.8 Å². The Morgan fingerprint density at radius 1 is 1.11 bits per heavy atom. The maximum atomic E-state index is 11.7. The SMILES string of the molecule is N[C@@H](CCCCCC(=O)c1ccccc1)C(=O)O. The summed E-state index contributed by atoms with van der Waals surface area (Å²) in [6.07, 6.45) is 3.33. The minimum absolute atomic E-state index is 0.137. The van der Waals surface area contributed by atoms with E-state index in [9.17, 15) is 9.59 Å². The molecule has 0 amide bonds. The molecule has 0 aromatic heterocycles. The van der Waals surface area contributed by atoms with Crippen molar-refractivity contribution in [2.75, 3.05) is 0 Å².